The third-order valence-corrected chi connectivity index (χ3v) is 6.17. The first-order valence-corrected chi connectivity index (χ1v) is 10.8. The second-order valence-corrected chi connectivity index (χ2v) is 8.22. The summed E-state index contributed by atoms with van der Waals surface area (Å²) in [5, 5.41) is 10.9. The number of rotatable bonds is 3. The first-order chi connectivity index (χ1) is 13.8. The molecular weight excluding hydrogens is 368 g/mol. The van der Waals surface area contributed by atoms with Crippen molar-refractivity contribution in [3.8, 4) is 0 Å². The molecule has 1 fully saturated rings. The highest BCUT2D eigenvalue weighted by Crippen LogP contribution is 2.31. The van der Waals surface area contributed by atoms with Gasteiger partial charge in [-0.15, -0.1) is 11.3 Å². The van der Waals surface area contributed by atoms with Crippen LogP contribution in [0.4, 0.5) is 10.9 Å². The molecule has 0 bridgehead atoms. The molecule has 2 N–H and O–H groups in total. The molecule has 4 heterocycles. The van der Waals surface area contributed by atoms with Crippen molar-refractivity contribution in [1.29, 1.82) is 0 Å². The van der Waals surface area contributed by atoms with Crippen molar-refractivity contribution < 1.29 is 0 Å². The van der Waals surface area contributed by atoms with Crippen LogP contribution >= 0.6 is 11.3 Å². The van der Waals surface area contributed by atoms with Gasteiger partial charge in [0.15, 0.2) is 11.1 Å². The van der Waals surface area contributed by atoms with Crippen molar-refractivity contribution in [3.63, 3.8) is 0 Å². The van der Waals surface area contributed by atoms with E-state index in [1.165, 1.54) is 17.5 Å². The molecule has 1 aromatic carbocycles. The SMILES string of the molecule is c1ccc2nc(N3CCCC(c4csc(NC5=NCCCN5)n4)C3)ccc2c1. The Labute approximate surface area is 168 Å². The number of piperidine rings is 1. The summed E-state index contributed by atoms with van der Waals surface area (Å²) < 4.78 is 0. The molecule has 1 atom stereocenters. The van der Waals surface area contributed by atoms with Crippen LogP contribution in [0, 0.1) is 0 Å². The van der Waals surface area contributed by atoms with Gasteiger partial charge in [-0.25, -0.2) is 9.97 Å². The Balaban J connectivity index is 1.30. The second-order valence-electron chi connectivity index (χ2n) is 7.36. The topological polar surface area (TPSA) is 65.4 Å². The Hall–Kier alpha value is -2.67. The molecule has 28 heavy (non-hydrogen) atoms. The molecule has 1 unspecified atom stereocenters. The van der Waals surface area contributed by atoms with Gasteiger partial charge >= 0.3 is 0 Å². The minimum absolute atomic E-state index is 0.440. The molecule has 144 valence electrons. The molecule has 0 amide bonds. The van der Waals surface area contributed by atoms with Crippen molar-refractivity contribution in [2.75, 3.05) is 36.4 Å². The molecule has 0 aliphatic carbocycles. The minimum atomic E-state index is 0.440. The fourth-order valence-corrected chi connectivity index (χ4v) is 4.70. The van der Waals surface area contributed by atoms with Crippen molar-refractivity contribution in [2.45, 2.75) is 25.2 Å². The number of fused-ring (bicyclic) bond motifs is 1. The number of guanidine groups is 1. The molecule has 0 spiro atoms. The van der Waals surface area contributed by atoms with Crippen molar-refractivity contribution in [2.24, 2.45) is 4.99 Å². The smallest absolute Gasteiger partial charge is 0.197 e. The summed E-state index contributed by atoms with van der Waals surface area (Å²) in [6.07, 6.45) is 3.43. The van der Waals surface area contributed by atoms with Gasteiger partial charge in [0.1, 0.15) is 5.82 Å². The lowest BCUT2D eigenvalue weighted by Gasteiger charge is -2.33. The number of anilines is 2. The quantitative estimate of drug-likeness (QED) is 0.709. The number of nitrogens with zero attached hydrogens (tertiary/aromatic N) is 4. The molecular formula is C21H24N6S. The molecule has 0 saturated carbocycles. The van der Waals surface area contributed by atoms with Crippen LogP contribution in [0.25, 0.3) is 10.9 Å². The predicted molar refractivity (Wildman–Crippen MR) is 117 cm³/mol. The third kappa shape index (κ3) is 3.67. The number of para-hydroxylation sites is 1. The maximum atomic E-state index is 4.88. The van der Waals surface area contributed by atoms with Crippen LogP contribution in [0.3, 0.4) is 0 Å². The summed E-state index contributed by atoms with van der Waals surface area (Å²) in [6, 6.07) is 12.6. The van der Waals surface area contributed by atoms with Gasteiger partial charge in [0, 0.05) is 42.9 Å². The highest BCUT2D eigenvalue weighted by atomic mass is 32.1. The molecule has 3 aromatic rings. The van der Waals surface area contributed by atoms with E-state index < -0.39 is 0 Å². The molecule has 2 aliphatic heterocycles. The van der Waals surface area contributed by atoms with Gasteiger partial charge in [-0.1, -0.05) is 18.2 Å². The average Bonchev–Trinajstić information content (AvgIpc) is 3.23. The summed E-state index contributed by atoms with van der Waals surface area (Å²) in [6.45, 7) is 3.87. The van der Waals surface area contributed by atoms with E-state index in [-0.39, 0.29) is 0 Å². The number of nitrogens with one attached hydrogen (secondary N) is 2. The first kappa shape index (κ1) is 17.4. The summed E-state index contributed by atoms with van der Waals surface area (Å²) in [4.78, 5) is 16.6. The van der Waals surface area contributed by atoms with Gasteiger partial charge in [0.2, 0.25) is 0 Å². The number of hydrogen-bond acceptors (Lipinski definition) is 7. The monoisotopic (exact) mass is 392 g/mol. The maximum Gasteiger partial charge on any atom is 0.197 e. The molecule has 0 radical (unpaired) electrons. The van der Waals surface area contributed by atoms with E-state index in [4.69, 9.17) is 9.97 Å². The lowest BCUT2D eigenvalue weighted by molar-refractivity contribution is 0.501. The average molecular weight is 393 g/mol. The zero-order valence-corrected chi connectivity index (χ0v) is 16.6. The van der Waals surface area contributed by atoms with Gasteiger partial charge in [-0.05, 0) is 37.5 Å². The van der Waals surface area contributed by atoms with E-state index in [9.17, 15) is 0 Å². The summed E-state index contributed by atoms with van der Waals surface area (Å²) in [7, 11) is 0. The summed E-state index contributed by atoms with van der Waals surface area (Å²) in [5.74, 6) is 2.35. The van der Waals surface area contributed by atoms with Crippen LogP contribution in [0.1, 0.15) is 30.9 Å². The highest BCUT2D eigenvalue weighted by molar-refractivity contribution is 7.13. The number of aliphatic imine (C=N–C) groups is 1. The molecule has 2 aliphatic rings. The van der Waals surface area contributed by atoms with Crippen LogP contribution in [0.15, 0.2) is 46.8 Å². The Bertz CT molecular complexity index is 997. The number of aromatic nitrogens is 2. The van der Waals surface area contributed by atoms with E-state index in [1.807, 2.05) is 6.07 Å². The van der Waals surface area contributed by atoms with Crippen LogP contribution in [0.2, 0.25) is 0 Å². The normalized spacial score (nSPS) is 19.9. The highest BCUT2D eigenvalue weighted by Gasteiger charge is 2.24. The summed E-state index contributed by atoms with van der Waals surface area (Å²) >= 11 is 1.66. The Morgan fingerprint density at radius 2 is 2.07 bits per heavy atom. The fraction of sp³-hybridized carbons (Fsp3) is 0.381. The number of pyridine rings is 1. The van der Waals surface area contributed by atoms with Crippen molar-refractivity contribution in [1.82, 2.24) is 15.3 Å². The molecule has 6 nitrogen and oxygen atoms in total. The zero-order valence-electron chi connectivity index (χ0n) is 15.8. The minimum Gasteiger partial charge on any atom is -0.356 e. The third-order valence-electron chi connectivity index (χ3n) is 5.39. The largest absolute Gasteiger partial charge is 0.356 e. The molecule has 1 saturated heterocycles. The van der Waals surface area contributed by atoms with Gasteiger partial charge in [0.25, 0.3) is 0 Å². The standard InChI is InChI=1S/C21H24N6S/c1-2-7-17-15(5-1)8-9-19(24-17)27-12-3-6-16(13-27)18-14-28-21(25-18)26-20-22-10-4-11-23-20/h1-2,5,7-9,14,16H,3-4,6,10-13H2,(H2,22,23,25,26). The zero-order chi connectivity index (χ0) is 18.8. The van der Waals surface area contributed by atoms with Gasteiger partial charge in [-0.2, -0.15) is 0 Å². The maximum absolute atomic E-state index is 4.88. The van der Waals surface area contributed by atoms with Crippen LogP contribution in [-0.2, 0) is 0 Å². The Morgan fingerprint density at radius 3 is 3.00 bits per heavy atom. The predicted octanol–water partition coefficient (Wildman–Crippen LogP) is 3.84. The van der Waals surface area contributed by atoms with E-state index in [1.54, 1.807) is 11.3 Å². The van der Waals surface area contributed by atoms with Crippen molar-refractivity contribution >= 4 is 39.1 Å². The van der Waals surface area contributed by atoms with E-state index >= 15 is 0 Å². The van der Waals surface area contributed by atoms with Crippen molar-refractivity contribution in [3.05, 3.63) is 47.5 Å². The lowest BCUT2D eigenvalue weighted by atomic mass is 9.95. The Morgan fingerprint density at radius 1 is 1.11 bits per heavy atom. The van der Waals surface area contributed by atoms with Gasteiger partial charge in [-0.3, -0.25) is 4.99 Å². The second kappa shape index (κ2) is 7.75. The van der Waals surface area contributed by atoms with E-state index in [2.05, 4.69) is 56.2 Å². The van der Waals surface area contributed by atoms with Crippen LogP contribution in [0.5, 0.6) is 0 Å². The Kier molecular flexibility index (Phi) is 4.83. The van der Waals surface area contributed by atoms with Gasteiger partial charge in [0.05, 0.1) is 11.2 Å². The number of hydrogen-bond donors (Lipinski definition) is 2. The lowest BCUT2D eigenvalue weighted by Crippen LogP contribution is -2.35. The molecule has 2 aromatic heterocycles. The number of benzene rings is 1. The van der Waals surface area contributed by atoms with Crippen LogP contribution < -0.4 is 15.5 Å². The number of thiazole rings is 1. The van der Waals surface area contributed by atoms with Crippen LogP contribution in [-0.4, -0.2) is 42.1 Å². The molecule has 5 rings (SSSR count). The fourth-order valence-electron chi connectivity index (χ4n) is 3.91. The molecule has 7 heteroatoms. The first-order valence-electron chi connectivity index (χ1n) is 9.97. The van der Waals surface area contributed by atoms with Gasteiger partial charge < -0.3 is 15.5 Å². The van der Waals surface area contributed by atoms with E-state index in [0.717, 1.165) is 61.4 Å². The summed E-state index contributed by atoms with van der Waals surface area (Å²) in [5.41, 5.74) is 2.23. The van der Waals surface area contributed by atoms with E-state index in [0.29, 0.717) is 5.92 Å².